The number of nitrogens with zero attached hydrogens (tertiary/aromatic N) is 2. The van der Waals surface area contributed by atoms with Crippen molar-refractivity contribution in [3.05, 3.63) is 146 Å². The zero-order valence-corrected chi connectivity index (χ0v) is 22.2. The molecule has 0 saturated carbocycles. The Bertz CT molecular complexity index is 2350. The van der Waals surface area contributed by atoms with Gasteiger partial charge in [-0.2, -0.15) is 0 Å². The maximum atomic E-state index is 6.78. The Morgan fingerprint density at radius 1 is 0.390 bits per heavy atom. The van der Waals surface area contributed by atoms with Crippen molar-refractivity contribution in [2.45, 2.75) is 0 Å². The minimum absolute atomic E-state index is 0.877. The van der Waals surface area contributed by atoms with E-state index in [2.05, 4.69) is 149 Å². The van der Waals surface area contributed by atoms with Crippen molar-refractivity contribution in [2.24, 2.45) is 0 Å². The molecule has 0 N–H and O–H groups in total. The normalized spacial score (nSPS) is 11.9. The highest BCUT2D eigenvalue weighted by atomic mass is 16.3. The van der Waals surface area contributed by atoms with Gasteiger partial charge in [-0.05, 0) is 48.0 Å². The summed E-state index contributed by atoms with van der Waals surface area (Å²) in [5.74, 6) is 0. The fourth-order valence-electron chi connectivity index (χ4n) is 6.57. The van der Waals surface area contributed by atoms with E-state index in [-0.39, 0.29) is 0 Å². The molecule has 192 valence electrons. The average Bonchev–Trinajstić information content (AvgIpc) is 3.68. The van der Waals surface area contributed by atoms with Crippen molar-refractivity contribution >= 4 is 54.8 Å². The molecule has 3 heteroatoms. The molecule has 3 nitrogen and oxygen atoms in total. The van der Waals surface area contributed by atoms with Gasteiger partial charge in [0.25, 0.3) is 0 Å². The van der Waals surface area contributed by atoms with Gasteiger partial charge in [0, 0.05) is 38.5 Å². The summed E-state index contributed by atoms with van der Waals surface area (Å²) in [7, 11) is 0. The van der Waals surface area contributed by atoms with Crippen molar-refractivity contribution < 1.29 is 4.42 Å². The van der Waals surface area contributed by atoms with Crippen LogP contribution in [-0.2, 0) is 0 Å². The van der Waals surface area contributed by atoms with Gasteiger partial charge in [0.2, 0.25) is 5.71 Å². The van der Waals surface area contributed by atoms with Crippen LogP contribution >= 0.6 is 0 Å². The zero-order valence-electron chi connectivity index (χ0n) is 22.2. The average molecular weight is 525 g/mol. The highest BCUT2D eigenvalue weighted by molar-refractivity contribution is 6.21. The van der Waals surface area contributed by atoms with Gasteiger partial charge in [-0.15, -0.1) is 0 Å². The lowest BCUT2D eigenvalue weighted by atomic mass is 10.0. The van der Waals surface area contributed by atoms with E-state index in [0.717, 1.165) is 50.1 Å². The maximum Gasteiger partial charge on any atom is 0.213 e. The van der Waals surface area contributed by atoms with Crippen LogP contribution in [0.5, 0.6) is 0 Å². The summed E-state index contributed by atoms with van der Waals surface area (Å²) in [6, 6.07) is 51.6. The van der Waals surface area contributed by atoms with Crippen LogP contribution in [0.25, 0.3) is 77.3 Å². The van der Waals surface area contributed by atoms with Crippen LogP contribution in [-0.4, -0.2) is 9.13 Å². The number of fused-ring (bicyclic) bond motifs is 8. The minimum atomic E-state index is 0.877. The predicted octanol–water partition coefficient (Wildman–Crippen LogP) is 10.3. The van der Waals surface area contributed by atoms with Crippen LogP contribution in [0.4, 0.5) is 0 Å². The van der Waals surface area contributed by atoms with Crippen LogP contribution in [0, 0.1) is 0 Å². The Kier molecular flexibility index (Phi) is 4.61. The third-order valence-electron chi connectivity index (χ3n) is 8.35. The van der Waals surface area contributed by atoms with E-state index in [0.29, 0.717) is 0 Å². The van der Waals surface area contributed by atoms with Gasteiger partial charge in [0.1, 0.15) is 5.58 Å². The first-order chi connectivity index (χ1) is 20.4. The standard InChI is InChI=1S/C38H24N2O/c1-2-11-26(12-3-1)40-35-20-9-6-15-31(35)36-32-17-10-16-28(37(32)41-38(36)40)25-21-23-27(24-22-25)39-33-18-7-4-13-29(33)30-14-5-8-19-34(30)39/h1-24H. The van der Waals surface area contributed by atoms with Gasteiger partial charge in [0.05, 0.1) is 21.9 Å². The SMILES string of the molecule is c1ccc(-n2c3ccccc3c3c4cccc(-c5ccc(-n6c7ccccc7c7ccccc76)cc5)c4oc32)cc1. The summed E-state index contributed by atoms with van der Waals surface area (Å²) in [6.45, 7) is 0. The number of benzene rings is 6. The minimum Gasteiger partial charge on any atom is -0.438 e. The molecule has 9 aromatic rings. The van der Waals surface area contributed by atoms with Crippen LogP contribution in [0.2, 0.25) is 0 Å². The molecule has 0 spiro atoms. The first-order valence-electron chi connectivity index (χ1n) is 14.0. The zero-order chi connectivity index (χ0) is 26.9. The Morgan fingerprint density at radius 2 is 0.927 bits per heavy atom. The van der Waals surface area contributed by atoms with Crippen molar-refractivity contribution in [3.63, 3.8) is 0 Å². The van der Waals surface area contributed by atoms with Crippen molar-refractivity contribution in [1.29, 1.82) is 0 Å². The molecule has 9 rings (SSSR count). The van der Waals surface area contributed by atoms with Crippen LogP contribution in [0.1, 0.15) is 0 Å². The topological polar surface area (TPSA) is 23.0 Å². The lowest BCUT2D eigenvalue weighted by molar-refractivity contribution is 0.646. The second kappa shape index (κ2) is 8.48. The molecule has 0 saturated heterocycles. The van der Waals surface area contributed by atoms with E-state index in [9.17, 15) is 0 Å². The van der Waals surface area contributed by atoms with Gasteiger partial charge in [0.15, 0.2) is 0 Å². The van der Waals surface area contributed by atoms with Crippen LogP contribution in [0.3, 0.4) is 0 Å². The Morgan fingerprint density at radius 3 is 1.61 bits per heavy atom. The van der Waals surface area contributed by atoms with E-state index >= 15 is 0 Å². The molecule has 0 radical (unpaired) electrons. The number of rotatable bonds is 3. The fourth-order valence-corrected chi connectivity index (χ4v) is 6.57. The predicted molar refractivity (Wildman–Crippen MR) is 170 cm³/mol. The van der Waals surface area contributed by atoms with E-state index in [4.69, 9.17) is 4.42 Å². The Balaban J connectivity index is 1.25. The third-order valence-corrected chi connectivity index (χ3v) is 8.35. The quantitative estimate of drug-likeness (QED) is 0.225. The smallest absolute Gasteiger partial charge is 0.213 e. The van der Waals surface area contributed by atoms with E-state index in [1.807, 2.05) is 6.07 Å². The molecule has 0 amide bonds. The summed E-state index contributed by atoms with van der Waals surface area (Å²) in [4.78, 5) is 0. The van der Waals surface area contributed by atoms with Gasteiger partial charge >= 0.3 is 0 Å². The van der Waals surface area contributed by atoms with Crippen molar-refractivity contribution in [1.82, 2.24) is 9.13 Å². The lowest BCUT2D eigenvalue weighted by Crippen LogP contribution is -1.93. The second-order valence-electron chi connectivity index (χ2n) is 10.6. The summed E-state index contributed by atoms with van der Waals surface area (Å²) in [6.07, 6.45) is 0. The molecule has 6 aromatic carbocycles. The number of furan rings is 1. The highest BCUT2D eigenvalue weighted by Gasteiger charge is 2.21. The molecule has 0 atom stereocenters. The molecule has 41 heavy (non-hydrogen) atoms. The maximum absolute atomic E-state index is 6.78. The summed E-state index contributed by atoms with van der Waals surface area (Å²) in [5.41, 5.74) is 9.83. The number of aromatic nitrogens is 2. The molecular formula is C38H24N2O. The van der Waals surface area contributed by atoms with E-state index in [1.54, 1.807) is 0 Å². The lowest BCUT2D eigenvalue weighted by Gasteiger charge is -2.10. The molecular weight excluding hydrogens is 500 g/mol. The monoisotopic (exact) mass is 524 g/mol. The second-order valence-corrected chi connectivity index (χ2v) is 10.6. The molecule has 3 aromatic heterocycles. The Hall–Kier alpha value is -5.54. The molecule has 0 aliphatic heterocycles. The molecule has 3 heterocycles. The van der Waals surface area contributed by atoms with Crippen LogP contribution in [0.15, 0.2) is 150 Å². The summed E-state index contributed by atoms with van der Waals surface area (Å²) >= 11 is 0. The summed E-state index contributed by atoms with van der Waals surface area (Å²) < 4.78 is 11.4. The van der Waals surface area contributed by atoms with Crippen LogP contribution < -0.4 is 0 Å². The molecule has 0 aliphatic rings. The number of hydrogen-bond donors (Lipinski definition) is 0. The van der Waals surface area contributed by atoms with Crippen molar-refractivity contribution in [3.8, 4) is 22.5 Å². The summed E-state index contributed by atoms with van der Waals surface area (Å²) in [5, 5.41) is 6.03. The van der Waals surface area contributed by atoms with Gasteiger partial charge < -0.3 is 8.98 Å². The van der Waals surface area contributed by atoms with E-state index < -0.39 is 0 Å². The molecule has 0 fully saturated rings. The first kappa shape index (κ1) is 22.3. The first-order valence-corrected chi connectivity index (χ1v) is 14.0. The van der Waals surface area contributed by atoms with Crippen molar-refractivity contribution in [2.75, 3.05) is 0 Å². The molecule has 0 bridgehead atoms. The van der Waals surface area contributed by atoms with E-state index in [1.165, 1.54) is 27.2 Å². The number of hydrogen-bond acceptors (Lipinski definition) is 1. The highest BCUT2D eigenvalue weighted by Crippen LogP contribution is 2.42. The fraction of sp³-hybridized carbons (Fsp3) is 0. The largest absolute Gasteiger partial charge is 0.438 e. The third kappa shape index (κ3) is 3.14. The van der Waals surface area contributed by atoms with Gasteiger partial charge in [-0.25, -0.2) is 0 Å². The Labute approximate surface area is 236 Å². The van der Waals surface area contributed by atoms with Gasteiger partial charge in [-0.1, -0.05) is 103 Å². The number of para-hydroxylation sites is 5. The molecule has 0 aliphatic carbocycles. The molecule has 0 unspecified atom stereocenters. The van der Waals surface area contributed by atoms with Gasteiger partial charge in [-0.3, -0.25) is 4.57 Å².